The van der Waals surface area contributed by atoms with Gasteiger partial charge in [0.2, 0.25) is 5.95 Å². The third kappa shape index (κ3) is 2.63. The zero-order chi connectivity index (χ0) is 15.7. The molecule has 0 aliphatic carbocycles. The molecule has 5 nitrogen and oxygen atoms in total. The summed E-state index contributed by atoms with van der Waals surface area (Å²) in [6.07, 6.45) is 0. The Hall–Kier alpha value is -2.18. The quantitative estimate of drug-likeness (QED) is 0.771. The van der Waals surface area contributed by atoms with Crippen LogP contribution in [0.1, 0.15) is 9.67 Å². The molecule has 1 aromatic carbocycles. The van der Waals surface area contributed by atoms with Gasteiger partial charge in [0, 0.05) is 30.1 Å². The molecule has 0 radical (unpaired) electrons. The summed E-state index contributed by atoms with van der Waals surface area (Å²) in [7, 11) is 3.37. The summed E-state index contributed by atoms with van der Waals surface area (Å²) in [6, 6.07) is 9.28. The van der Waals surface area contributed by atoms with Crippen LogP contribution in [-0.2, 0) is 0 Å². The van der Waals surface area contributed by atoms with Crippen LogP contribution in [0.25, 0.3) is 21.5 Å². The highest BCUT2D eigenvalue weighted by Crippen LogP contribution is 2.33. The van der Waals surface area contributed by atoms with Gasteiger partial charge in [0.05, 0.1) is 10.6 Å². The van der Waals surface area contributed by atoms with Gasteiger partial charge in [-0.2, -0.15) is 0 Å². The number of anilines is 1. The van der Waals surface area contributed by atoms with Crippen molar-refractivity contribution < 1.29 is 4.79 Å². The number of nitrogens with zero attached hydrogens (tertiary/aromatic N) is 2. The second-order valence-corrected chi connectivity index (χ2v) is 6.03. The van der Waals surface area contributed by atoms with Crippen LogP contribution in [0, 0.1) is 0 Å². The lowest BCUT2D eigenvalue weighted by Crippen LogP contribution is -2.15. The van der Waals surface area contributed by atoms with Gasteiger partial charge in [-0.05, 0) is 18.2 Å². The Morgan fingerprint density at radius 1 is 1.23 bits per heavy atom. The average molecular weight is 333 g/mol. The number of nitrogens with one attached hydrogen (secondary N) is 2. The number of halogens is 1. The molecule has 7 heteroatoms. The zero-order valence-electron chi connectivity index (χ0n) is 12.0. The van der Waals surface area contributed by atoms with E-state index in [0.29, 0.717) is 15.8 Å². The topological polar surface area (TPSA) is 66.9 Å². The number of amides is 1. The summed E-state index contributed by atoms with van der Waals surface area (Å²) >= 11 is 7.41. The van der Waals surface area contributed by atoms with Gasteiger partial charge in [0.25, 0.3) is 5.91 Å². The number of carbonyl (C=O) groups is 1. The third-order valence-corrected chi connectivity index (χ3v) is 4.43. The minimum absolute atomic E-state index is 0.133. The second-order valence-electron chi connectivity index (χ2n) is 4.56. The second kappa shape index (κ2) is 5.90. The van der Waals surface area contributed by atoms with Gasteiger partial charge >= 0.3 is 0 Å². The molecule has 0 spiro atoms. The predicted molar refractivity (Wildman–Crippen MR) is 90.8 cm³/mol. The first-order valence-electron chi connectivity index (χ1n) is 6.59. The average Bonchev–Trinajstić information content (AvgIpc) is 2.97. The summed E-state index contributed by atoms with van der Waals surface area (Å²) in [6.45, 7) is 0. The predicted octanol–water partition coefficient (Wildman–Crippen LogP) is 3.41. The van der Waals surface area contributed by atoms with E-state index in [1.807, 2.05) is 30.3 Å². The molecule has 2 N–H and O–H groups in total. The number of benzene rings is 1. The van der Waals surface area contributed by atoms with Crippen molar-refractivity contribution in [2.45, 2.75) is 0 Å². The van der Waals surface area contributed by atoms with Crippen molar-refractivity contribution in [3.63, 3.8) is 0 Å². The maximum absolute atomic E-state index is 11.9. The van der Waals surface area contributed by atoms with Crippen LogP contribution in [0.4, 0.5) is 5.95 Å². The van der Waals surface area contributed by atoms with E-state index in [0.717, 1.165) is 21.5 Å². The number of hydrogen-bond donors (Lipinski definition) is 2. The highest BCUT2D eigenvalue weighted by Gasteiger charge is 2.16. The smallest absolute Gasteiger partial charge is 0.261 e. The maximum atomic E-state index is 11.9. The fourth-order valence-corrected chi connectivity index (χ4v) is 3.29. The number of fused-ring (bicyclic) bond motifs is 1. The van der Waals surface area contributed by atoms with Crippen LogP contribution in [-0.4, -0.2) is 30.0 Å². The van der Waals surface area contributed by atoms with Crippen LogP contribution < -0.4 is 10.6 Å². The van der Waals surface area contributed by atoms with E-state index in [4.69, 9.17) is 11.6 Å². The standard InChI is InChI=1S/C15H13ClN4OS/c1-17-13(21)11-7-10-12(8-4-3-5-9(16)6-8)19-15(18-2)20-14(10)22-11/h3-7H,1-2H3,(H,17,21)(H,18,19,20). The number of carbonyl (C=O) groups excluding carboxylic acids is 1. The first-order valence-corrected chi connectivity index (χ1v) is 7.79. The molecule has 0 fully saturated rings. The molecule has 0 saturated heterocycles. The van der Waals surface area contributed by atoms with Crippen molar-refractivity contribution in [3.8, 4) is 11.3 Å². The molecular weight excluding hydrogens is 320 g/mol. The first-order chi connectivity index (χ1) is 10.6. The van der Waals surface area contributed by atoms with Gasteiger partial charge in [-0.3, -0.25) is 4.79 Å². The van der Waals surface area contributed by atoms with E-state index >= 15 is 0 Å². The number of rotatable bonds is 3. The molecular formula is C15H13ClN4OS. The van der Waals surface area contributed by atoms with Gasteiger partial charge in [0.15, 0.2) is 0 Å². The molecule has 0 atom stereocenters. The third-order valence-electron chi connectivity index (χ3n) is 3.17. The van der Waals surface area contributed by atoms with Crippen LogP contribution >= 0.6 is 22.9 Å². The monoisotopic (exact) mass is 332 g/mol. The minimum Gasteiger partial charge on any atom is -0.357 e. The summed E-state index contributed by atoms with van der Waals surface area (Å²) in [5.41, 5.74) is 1.64. The molecule has 0 aliphatic heterocycles. The molecule has 2 heterocycles. The van der Waals surface area contributed by atoms with Crippen LogP contribution in [0.15, 0.2) is 30.3 Å². The van der Waals surface area contributed by atoms with E-state index < -0.39 is 0 Å². The molecule has 0 saturated carbocycles. The molecule has 0 bridgehead atoms. The Labute approximate surface area is 136 Å². The van der Waals surface area contributed by atoms with Crippen molar-refractivity contribution in [1.82, 2.24) is 15.3 Å². The fraction of sp³-hybridized carbons (Fsp3) is 0.133. The first kappa shape index (κ1) is 14.7. The normalized spacial score (nSPS) is 10.7. The lowest BCUT2D eigenvalue weighted by atomic mass is 10.1. The largest absolute Gasteiger partial charge is 0.357 e. The molecule has 2 aromatic heterocycles. The Morgan fingerprint density at radius 3 is 2.73 bits per heavy atom. The molecule has 0 aliphatic rings. The minimum atomic E-state index is -0.133. The summed E-state index contributed by atoms with van der Waals surface area (Å²) < 4.78 is 0. The lowest BCUT2D eigenvalue weighted by molar-refractivity contribution is 0.0967. The van der Waals surface area contributed by atoms with Crippen molar-refractivity contribution >= 4 is 45.0 Å². The highest BCUT2D eigenvalue weighted by molar-refractivity contribution is 7.20. The number of thiophene rings is 1. The summed E-state index contributed by atoms with van der Waals surface area (Å²) in [5.74, 6) is 0.374. The van der Waals surface area contributed by atoms with E-state index in [9.17, 15) is 4.79 Å². The fourth-order valence-electron chi connectivity index (χ4n) is 2.12. The number of aromatic nitrogens is 2. The van der Waals surface area contributed by atoms with Gasteiger partial charge < -0.3 is 10.6 Å². The summed E-state index contributed by atoms with van der Waals surface area (Å²) in [5, 5.41) is 7.05. The molecule has 3 aromatic rings. The molecule has 0 unspecified atom stereocenters. The van der Waals surface area contributed by atoms with Crippen LogP contribution in [0.2, 0.25) is 5.02 Å². The zero-order valence-corrected chi connectivity index (χ0v) is 13.5. The van der Waals surface area contributed by atoms with Crippen molar-refractivity contribution in [2.24, 2.45) is 0 Å². The van der Waals surface area contributed by atoms with Crippen LogP contribution in [0.5, 0.6) is 0 Å². The molecule has 1 amide bonds. The molecule has 112 valence electrons. The maximum Gasteiger partial charge on any atom is 0.261 e. The van der Waals surface area contributed by atoms with Gasteiger partial charge in [-0.25, -0.2) is 9.97 Å². The van der Waals surface area contributed by atoms with E-state index in [1.165, 1.54) is 11.3 Å². The number of hydrogen-bond acceptors (Lipinski definition) is 5. The molecule has 3 rings (SSSR count). The highest BCUT2D eigenvalue weighted by atomic mass is 35.5. The lowest BCUT2D eigenvalue weighted by Gasteiger charge is -2.06. The Kier molecular flexibility index (Phi) is 3.96. The van der Waals surface area contributed by atoms with E-state index in [2.05, 4.69) is 20.6 Å². The van der Waals surface area contributed by atoms with Crippen molar-refractivity contribution in [2.75, 3.05) is 19.4 Å². The van der Waals surface area contributed by atoms with Gasteiger partial charge in [0.1, 0.15) is 4.83 Å². The van der Waals surface area contributed by atoms with Gasteiger partial charge in [-0.15, -0.1) is 11.3 Å². The van der Waals surface area contributed by atoms with E-state index in [-0.39, 0.29) is 5.91 Å². The Balaban J connectivity index is 2.27. The molecule has 22 heavy (non-hydrogen) atoms. The Bertz CT molecular complexity index is 862. The summed E-state index contributed by atoms with van der Waals surface area (Å²) in [4.78, 5) is 22.2. The SMILES string of the molecule is CNC(=O)c1cc2c(-c3cccc(Cl)c3)nc(NC)nc2s1. The van der Waals surface area contributed by atoms with Crippen molar-refractivity contribution in [3.05, 3.63) is 40.2 Å². The Morgan fingerprint density at radius 2 is 2.05 bits per heavy atom. The van der Waals surface area contributed by atoms with Crippen LogP contribution in [0.3, 0.4) is 0 Å². The van der Waals surface area contributed by atoms with Gasteiger partial charge in [-0.1, -0.05) is 23.7 Å². The van der Waals surface area contributed by atoms with E-state index in [1.54, 1.807) is 14.1 Å². The van der Waals surface area contributed by atoms with Crippen molar-refractivity contribution in [1.29, 1.82) is 0 Å².